The van der Waals surface area contributed by atoms with Crippen LogP contribution in [0.15, 0.2) is 12.2 Å². The lowest BCUT2D eigenvalue weighted by Crippen LogP contribution is -2.40. The molecule has 0 bridgehead atoms. The molecule has 0 aromatic heterocycles. The standard InChI is InChI=1S/C15H30/c1-8-11-12-15(9-2,10-3)14(6,7)13(4)5/h8,11,13H,9-10,12H2,1-7H3. The fourth-order valence-electron chi connectivity index (χ4n) is 2.67. The van der Waals surface area contributed by atoms with Gasteiger partial charge in [0, 0.05) is 0 Å². The van der Waals surface area contributed by atoms with E-state index in [1.807, 2.05) is 0 Å². The van der Waals surface area contributed by atoms with E-state index in [2.05, 4.69) is 60.6 Å². The monoisotopic (exact) mass is 210 g/mol. The summed E-state index contributed by atoms with van der Waals surface area (Å²) in [6.45, 7) is 16.4. The Balaban J connectivity index is 5.06. The predicted octanol–water partition coefficient (Wildman–Crippen LogP) is 5.44. The van der Waals surface area contributed by atoms with Crippen molar-refractivity contribution in [1.29, 1.82) is 0 Å². The Morgan fingerprint density at radius 2 is 1.53 bits per heavy atom. The van der Waals surface area contributed by atoms with Crippen LogP contribution in [0.2, 0.25) is 0 Å². The third-order valence-electron chi connectivity index (χ3n) is 4.91. The maximum atomic E-state index is 2.44. The van der Waals surface area contributed by atoms with Gasteiger partial charge in [0.15, 0.2) is 0 Å². The van der Waals surface area contributed by atoms with Crippen LogP contribution in [-0.2, 0) is 0 Å². The van der Waals surface area contributed by atoms with E-state index in [1.54, 1.807) is 0 Å². The van der Waals surface area contributed by atoms with Gasteiger partial charge in [-0.05, 0) is 42.9 Å². The molecule has 0 radical (unpaired) electrons. The highest BCUT2D eigenvalue weighted by molar-refractivity contribution is 4.98. The lowest BCUT2D eigenvalue weighted by molar-refractivity contribution is 0.0156. The Kier molecular flexibility index (Phi) is 5.62. The van der Waals surface area contributed by atoms with Gasteiger partial charge in [-0.3, -0.25) is 0 Å². The molecule has 0 saturated heterocycles. The van der Waals surface area contributed by atoms with Crippen molar-refractivity contribution in [2.45, 2.75) is 67.7 Å². The molecule has 0 N–H and O–H groups in total. The number of hydrogen-bond donors (Lipinski definition) is 0. The zero-order valence-corrected chi connectivity index (χ0v) is 11.9. The summed E-state index contributed by atoms with van der Waals surface area (Å²) in [4.78, 5) is 0. The maximum absolute atomic E-state index is 2.44. The van der Waals surface area contributed by atoms with Crippen molar-refractivity contribution in [1.82, 2.24) is 0 Å². The van der Waals surface area contributed by atoms with E-state index in [9.17, 15) is 0 Å². The molecule has 0 heteroatoms. The van der Waals surface area contributed by atoms with Crippen LogP contribution in [0, 0.1) is 16.7 Å². The zero-order valence-electron chi connectivity index (χ0n) is 11.9. The summed E-state index contributed by atoms with van der Waals surface area (Å²) in [5.74, 6) is 0.739. The minimum Gasteiger partial charge on any atom is -0.0916 e. The van der Waals surface area contributed by atoms with E-state index < -0.39 is 0 Å². The highest BCUT2D eigenvalue weighted by atomic mass is 14.5. The van der Waals surface area contributed by atoms with E-state index in [4.69, 9.17) is 0 Å². The van der Waals surface area contributed by atoms with Crippen molar-refractivity contribution in [2.75, 3.05) is 0 Å². The molecule has 90 valence electrons. The van der Waals surface area contributed by atoms with E-state index in [-0.39, 0.29) is 0 Å². The van der Waals surface area contributed by atoms with Crippen molar-refractivity contribution in [3.8, 4) is 0 Å². The summed E-state index contributed by atoms with van der Waals surface area (Å²) in [5, 5.41) is 0. The largest absolute Gasteiger partial charge is 0.0916 e. The minimum atomic E-state index is 0.413. The van der Waals surface area contributed by atoms with Crippen LogP contribution in [0.3, 0.4) is 0 Å². The highest BCUT2D eigenvalue weighted by Gasteiger charge is 2.42. The minimum absolute atomic E-state index is 0.413. The van der Waals surface area contributed by atoms with Crippen molar-refractivity contribution in [2.24, 2.45) is 16.7 Å². The lowest BCUT2D eigenvalue weighted by Gasteiger charge is -2.49. The number of hydrogen-bond acceptors (Lipinski definition) is 0. The van der Waals surface area contributed by atoms with Crippen LogP contribution < -0.4 is 0 Å². The van der Waals surface area contributed by atoms with Gasteiger partial charge in [-0.25, -0.2) is 0 Å². The third-order valence-corrected chi connectivity index (χ3v) is 4.91. The molecule has 0 aromatic carbocycles. The highest BCUT2D eigenvalue weighted by Crippen LogP contribution is 2.51. The molecule has 0 unspecified atom stereocenters. The topological polar surface area (TPSA) is 0 Å². The molecule has 0 amide bonds. The Morgan fingerprint density at radius 1 is 1.07 bits per heavy atom. The van der Waals surface area contributed by atoms with E-state index in [1.165, 1.54) is 19.3 Å². The zero-order chi connectivity index (χ0) is 12.1. The molecule has 0 atom stereocenters. The molecule has 0 spiro atoms. The fraction of sp³-hybridized carbons (Fsp3) is 0.867. The predicted molar refractivity (Wildman–Crippen MR) is 71.1 cm³/mol. The molecular formula is C15H30. The van der Waals surface area contributed by atoms with Gasteiger partial charge in [0.05, 0.1) is 0 Å². The van der Waals surface area contributed by atoms with Crippen molar-refractivity contribution < 1.29 is 0 Å². The van der Waals surface area contributed by atoms with Crippen LogP contribution in [0.1, 0.15) is 67.7 Å². The second-order valence-corrected chi connectivity index (χ2v) is 5.64. The molecule has 0 saturated carbocycles. The van der Waals surface area contributed by atoms with Crippen LogP contribution in [0.25, 0.3) is 0 Å². The van der Waals surface area contributed by atoms with E-state index >= 15 is 0 Å². The summed E-state index contributed by atoms with van der Waals surface area (Å²) in [7, 11) is 0. The number of rotatable bonds is 6. The fourth-order valence-corrected chi connectivity index (χ4v) is 2.67. The smallest absolute Gasteiger partial charge is 0.0215 e. The molecule has 0 heterocycles. The maximum Gasteiger partial charge on any atom is -0.0215 e. The first kappa shape index (κ1) is 14.7. The molecule has 0 nitrogen and oxygen atoms in total. The Labute approximate surface area is 97.2 Å². The van der Waals surface area contributed by atoms with E-state index in [0.29, 0.717) is 10.8 Å². The summed E-state index contributed by atoms with van der Waals surface area (Å²) in [5.41, 5.74) is 0.879. The van der Waals surface area contributed by atoms with Gasteiger partial charge in [-0.1, -0.05) is 53.7 Å². The first-order valence-electron chi connectivity index (χ1n) is 6.49. The van der Waals surface area contributed by atoms with Gasteiger partial charge in [-0.2, -0.15) is 0 Å². The molecule has 0 aliphatic carbocycles. The van der Waals surface area contributed by atoms with Crippen molar-refractivity contribution in [3.05, 3.63) is 12.2 Å². The average molecular weight is 210 g/mol. The SMILES string of the molecule is CC=CCC(CC)(CC)C(C)(C)C(C)C. The Bertz CT molecular complexity index is 192. The average Bonchev–Trinajstić information content (AvgIpc) is 2.19. The molecule has 0 fully saturated rings. The van der Waals surface area contributed by atoms with Gasteiger partial charge in [0.1, 0.15) is 0 Å². The van der Waals surface area contributed by atoms with Crippen molar-refractivity contribution >= 4 is 0 Å². The molecule has 15 heavy (non-hydrogen) atoms. The lowest BCUT2D eigenvalue weighted by atomic mass is 9.56. The Hall–Kier alpha value is -0.260. The summed E-state index contributed by atoms with van der Waals surface area (Å²) < 4.78 is 0. The summed E-state index contributed by atoms with van der Waals surface area (Å²) >= 11 is 0. The van der Waals surface area contributed by atoms with E-state index in [0.717, 1.165) is 5.92 Å². The first-order chi connectivity index (χ1) is 6.88. The Morgan fingerprint density at radius 3 is 1.80 bits per heavy atom. The summed E-state index contributed by atoms with van der Waals surface area (Å²) in [6, 6.07) is 0. The second-order valence-electron chi connectivity index (χ2n) is 5.64. The van der Waals surface area contributed by atoms with Crippen LogP contribution in [0.4, 0.5) is 0 Å². The van der Waals surface area contributed by atoms with Crippen LogP contribution in [-0.4, -0.2) is 0 Å². The third kappa shape index (κ3) is 2.86. The van der Waals surface area contributed by atoms with Gasteiger partial charge in [0.25, 0.3) is 0 Å². The van der Waals surface area contributed by atoms with Crippen molar-refractivity contribution in [3.63, 3.8) is 0 Å². The normalized spacial score (nSPS) is 14.1. The van der Waals surface area contributed by atoms with Crippen LogP contribution in [0.5, 0.6) is 0 Å². The quantitative estimate of drug-likeness (QED) is 0.512. The summed E-state index contributed by atoms with van der Waals surface area (Å²) in [6.07, 6.45) is 8.31. The molecule has 0 aromatic rings. The van der Waals surface area contributed by atoms with Gasteiger partial charge >= 0.3 is 0 Å². The molecular weight excluding hydrogens is 180 g/mol. The molecule has 0 aliphatic heterocycles. The van der Waals surface area contributed by atoms with Gasteiger partial charge < -0.3 is 0 Å². The molecule has 0 aliphatic rings. The second kappa shape index (κ2) is 5.72. The number of allylic oxidation sites excluding steroid dienone is 2. The first-order valence-corrected chi connectivity index (χ1v) is 6.49. The van der Waals surface area contributed by atoms with Crippen LogP contribution >= 0.6 is 0 Å². The van der Waals surface area contributed by atoms with Gasteiger partial charge in [-0.15, -0.1) is 0 Å². The van der Waals surface area contributed by atoms with Gasteiger partial charge in [0.2, 0.25) is 0 Å². The molecule has 0 rings (SSSR count).